The Morgan fingerprint density at radius 1 is 1.15 bits per heavy atom. The number of nitrogens with zero attached hydrogens (tertiary/aromatic N) is 1. The van der Waals surface area contributed by atoms with Gasteiger partial charge in [-0.2, -0.15) is 13.2 Å². The molecule has 0 aliphatic carbocycles. The maximum Gasteiger partial charge on any atom is 0.398 e. The van der Waals surface area contributed by atoms with Gasteiger partial charge in [-0.1, -0.05) is 43.2 Å². The zero-order valence-electron chi connectivity index (χ0n) is 15.3. The van der Waals surface area contributed by atoms with Gasteiger partial charge in [0.2, 0.25) is 5.91 Å². The third-order valence-corrected chi connectivity index (χ3v) is 5.35. The number of likely N-dealkylation sites (tertiary alicyclic amines) is 1. The third-order valence-electron chi connectivity index (χ3n) is 5.35. The summed E-state index contributed by atoms with van der Waals surface area (Å²) in [4.78, 5) is 13.9. The molecule has 0 saturated carbocycles. The van der Waals surface area contributed by atoms with Crippen LogP contribution in [0.2, 0.25) is 0 Å². The van der Waals surface area contributed by atoms with Crippen LogP contribution in [0.25, 0.3) is 0 Å². The highest BCUT2D eigenvalue weighted by Crippen LogP contribution is 2.48. The molecule has 3 nitrogen and oxygen atoms in total. The fourth-order valence-electron chi connectivity index (χ4n) is 3.68. The molecular weight excluding hydrogens is 343 g/mol. The van der Waals surface area contributed by atoms with Gasteiger partial charge in [-0.25, -0.2) is 0 Å². The van der Waals surface area contributed by atoms with Crippen LogP contribution in [0.1, 0.15) is 57.4 Å². The number of hydrogen-bond acceptors (Lipinski definition) is 2. The number of rotatable bonds is 7. The van der Waals surface area contributed by atoms with Gasteiger partial charge < -0.3 is 10.0 Å². The van der Waals surface area contributed by atoms with Crippen molar-refractivity contribution in [3.63, 3.8) is 0 Å². The number of amides is 1. The van der Waals surface area contributed by atoms with Crippen molar-refractivity contribution in [2.24, 2.45) is 0 Å². The molecule has 1 aliphatic rings. The van der Waals surface area contributed by atoms with Crippen LogP contribution in [-0.2, 0) is 10.2 Å². The van der Waals surface area contributed by atoms with Gasteiger partial charge in [-0.05, 0) is 38.2 Å². The van der Waals surface area contributed by atoms with Gasteiger partial charge in [0.1, 0.15) is 0 Å². The third kappa shape index (κ3) is 5.00. The highest BCUT2D eigenvalue weighted by atomic mass is 19.4. The van der Waals surface area contributed by atoms with Crippen LogP contribution in [0.5, 0.6) is 0 Å². The van der Waals surface area contributed by atoms with E-state index in [0.29, 0.717) is 19.3 Å². The summed E-state index contributed by atoms with van der Waals surface area (Å²) in [5.74, 6) is -0.0640. The van der Waals surface area contributed by atoms with Crippen LogP contribution in [0, 0.1) is 0 Å². The highest BCUT2D eigenvalue weighted by Gasteiger charge is 2.56. The summed E-state index contributed by atoms with van der Waals surface area (Å²) < 4.78 is 41.5. The lowest BCUT2D eigenvalue weighted by molar-refractivity contribution is -0.203. The van der Waals surface area contributed by atoms with Crippen LogP contribution >= 0.6 is 0 Å². The average Bonchev–Trinajstić information content (AvgIpc) is 2.61. The second-order valence-electron chi connectivity index (χ2n) is 7.28. The topological polar surface area (TPSA) is 40.5 Å². The van der Waals surface area contributed by atoms with Crippen molar-refractivity contribution in [2.75, 3.05) is 13.1 Å². The zero-order chi connectivity index (χ0) is 19.2. The number of halogens is 3. The molecule has 0 radical (unpaired) electrons. The maximum absolute atomic E-state index is 13.8. The summed E-state index contributed by atoms with van der Waals surface area (Å²) in [6.07, 6.45) is -1.34. The number of piperidine rings is 1. The molecule has 146 valence electrons. The number of carbonyl (C=O) groups excluding carboxylic acids is 1. The summed E-state index contributed by atoms with van der Waals surface area (Å²) in [7, 11) is 0. The highest BCUT2D eigenvalue weighted by molar-refractivity contribution is 5.76. The molecule has 1 aliphatic heterocycles. The Morgan fingerprint density at radius 3 is 2.31 bits per heavy atom. The molecular formula is C20H28F3NO2. The number of alkyl halides is 3. The minimum absolute atomic E-state index is 0.0640. The second kappa shape index (κ2) is 8.89. The molecule has 26 heavy (non-hydrogen) atoms. The second-order valence-corrected chi connectivity index (χ2v) is 7.28. The number of unbranched alkanes of at least 4 members (excludes halogenated alkanes) is 2. The van der Waals surface area contributed by atoms with Gasteiger partial charge in [0.15, 0.2) is 0 Å². The molecule has 1 amide bonds. The Balaban J connectivity index is 1.90. The Kier molecular flexibility index (Phi) is 7.09. The first-order valence-electron chi connectivity index (χ1n) is 9.34. The quantitative estimate of drug-likeness (QED) is 0.720. The minimum Gasteiger partial charge on any atom is -0.393 e. The summed E-state index contributed by atoms with van der Waals surface area (Å²) in [5, 5.41) is 9.21. The van der Waals surface area contributed by atoms with E-state index >= 15 is 0 Å². The molecule has 0 bridgehead atoms. The van der Waals surface area contributed by atoms with Crippen molar-refractivity contribution < 1.29 is 23.1 Å². The van der Waals surface area contributed by atoms with E-state index in [0.717, 1.165) is 12.8 Å². The fourth-order valence-corrected chi connectivity index (χ4v) is 3.68. The molecule has 1 atom stereocenters. The van der Waals surface area contributed by atoms with Crippen molar-refractivity contribution in [2.45, 2.75) is 69.6 Å². The number of benzene rings is 1. The van der Waals surface area contributed by atoms with Gasteiger partial charge in [0, 0.05) is 19.5 Å². The number of aliphatic hydroxyl groups excluding tert-OH is 1. The number of hydrogen-bond donors (Lipinski definition) is 1. The Bertz CT molecular complexity index is 564. The van der Waals surface area contributed by atoms with Gasteiger partial charge in [0.25, 0.3) is 0 Å². The maximum atomic E-state index is 13.8. The largest absolute Gasteiger partial charge is 0.398 e. The predicted molar refractivity (Wildman–Crippen MR) is 94.8 cm³/mol. The molecule has 1 saturated heterocycles. The normalized spacial score (nSPS) is 18.6. The number of aliphatic hydroxyl groups is 1. The summed E-state index contributed by atoms with van der Waals surface area (Å²) >= 11 is 0. The predicted octanol–water partition coefficient (Wildman–Crippen LogP) is 4.44. The van der Waals surface area contributed by atoms with Gasteiger partial charge >= 0.3 is 6.18 Å². The van der Waals surface area contributed by atoms with Crippen molar-refractivity contribution in [1.82, 2.24) is 4.90 Å². The molecule has 1 N–H and O–H groups in total. The lowest BCUT2D eigenvalue weighted by Crippen LogP contribution is -2.52. The van der Waals surface area contributed by atoms with Crippen molar-refractivity contribution in [1.29, 1.82) is 0 Å². The van der Waals surface area contributed by atoms with Gasteiger partial charge in [-0.15, -0.1) is 0 Å². The standard InChI is InChI=1S/C20H28F3NO2/c1-16(25)8-4-2-7-11-18(26)24-14-12-19(13-15-24,20(21,22)23)17-9-5-3-6-10-17/h3,5-6,9-10,16,25H,2,4,7-8,11-15H2,1H3. The first-order valence-corrected chi connectivity index (χ1v) is 9.34. The van der Waals surface area contributed by atoms with Crippen molar-refractivity contribution in [3.8, 4) is 0 Å². The van der Waals surface area contributed by atoms with E-state index in [1.165, 1.54) is 12.1 Å². The molecule has 1 aromatic carbocycles. The van der Waals surface area contributed by atoms with Gasteiger partial charge in [-0.3, -0.25) is 4.79 Å². The molecule has 6 heteroatoms. The van der Waals surface area contributed by atoms with Crippen LogP contribution in [0.4, 0.5) is 13.2 Å². The molecule has 0 aromatic heterocycles. The summed E-state index contributed by atoms with van der Waals surface area (Å²) in [5.41, 5.74) is -1.57. The SMILES string of the molecule is CC(O)CCCCCC(=O)N1CCC(c2ccccc2)(C(F)(F)F)CC1. The van der Waals surface area contributed by atoms with E-state index in [4.69, 9.17) is 0 Å². The Hall–Kier alpha value is -1.56. The molecule has 2 rings (SSSR count). The Labute approximate surface area is 153 Å². The molecule has 1 heterocycles. The molecule has 1 unspecified atom stereocenters. The van der Waals surface area contributed by atoms with Crippen LogP contribution < -0.4 is 0 Å². The van der Waals surface area contributed by atoms with E-state index in [1.54, 1.807) is 30.0 Å². The monoisotopic (exact) mass is 371 g/mol. The van der Waals surface area contributed by atoms with Crippen molar-refractivity contribution >= 4 is 5.91 Å². The molecule has 1 fully saturated rings. The molecule has 1 aromatic rings. The first kappa shape index (κ1) is 20.7. The lowest BCUT2D eigenvalue weighted by atomic mass is 9.72. The average molecular weight is 371 g/mol. The van der Waals surface area contributed by atoms with E-state index in [2.05, 4.69) is 0 Å². The van der Waals surface area contributed by atoms with E-state index in [-0.39, 0.29) is 43.5 Å². The van der Waals surface area contributed by atoms with Gasteiger partial charge in [0.05, 0.1) is 11.5 Å². The van der Waals surface area contributed by atoms with Crippen LogP contribution in [0.15, 0.2) is 30.3 Å². The van der Waals surface area contributed by atoms with Crippen LogP contribution in [0.3, 0.4) is 0 Å². The zero-order valence-corrected chi connectivity index (χ0v) is 15.3. The fraction of sp³-hybridized carbons (Fsp3) is 0.650. The number of carbonyl (C=O) groups is 1. The smallest absolute Gasteiger partial charge is 0.393 e. The van der Waals surface area contributed by atoms with E-state index in [1.807, 2.05) is 0 Å². The van der Waals surface area contributed by atoms with E-state index in [9.17, 15) is 23.1 Å². The lowest BCUT2D eigenvalue weighted by Gasteiger charge is -2.43. The first-order chi connectivity index (χ1) is 12.3. The Morgan fingerprint density at radius 2 is 1.77 bits per heavy atom. The summed E-state index contributed by atoms with van der Waals surface area (Å²) in [6, 6.07) is 8.05. The molecule has 0 spiro atoms. The van der Waals surface area contributed by atoms with Crippen molar-refractivity contribution in [3.05, 3.63) is 35.9 Å². The van der Waals surface area contributed by atoms with E-state index < -0.39 is 11.6 Å². The van der Waals surface area contributed by atoms with Crippen LogP contribution in [-0.4, -0.2) is 41.3 Å². The minimum atomic E-state index is -4.33. The summed E-state index contributed by atoms with van der Waals surface area (Å²) in [6.45, 7) is 2.01.